The zero-order valence-electron chi connectivity index (χ0n) is 16.1. The largest absolute Gasteiger partial charge is 0.508 e. The van der Waals surface area contributed by atoms with Crippen molar-refractivity contribution in [1.29, 1.82) is 0 Å². The van der Waals surface area contributed by atoms with Gasteiger partial charge >= 0.3 is 0 Å². The second-order valence-electron chi connectivity index (χ2n) is 7.81. The summed E-state index contributed by atoms with van der Waals surface area (Å²) in [4.78, 5) is 2.54. The second-order valence-corrected chi connectivity index (χ2v) is 9.75. The maximum absolute atomic E-state index is 13.0. The number of hydrogen-bond acceptors (Lipinski definition) is 4. The van der Waals surface area contributed by atoms with Crippen LogP contribution in [0.4, 0.5) is 5.69 Å². The van der Waals surface area contributed by atoms with Crippen molar-refractivity contribution in [2.45, 2.75) is 42.9 Å². The predicted octanol–water partition coefficient (Wildman–Crippen LogP) is 3.95. The molecule has 1 aliphatic heterocycles. The molecule has 2 aliphatic rings. The van der Waals surface area contributed by atoms with Crippen LogP contribution in [-0.4, -0.2) is 44.0 Å². The lowest BCUT2D eigenvalue weighted by Crippen LogP contribution is -2.48. The minimum absolute atomic E-state index is 0.238. The number of piperazine rings is 1. The van der Waals surface area contributed by atoms with Gasteiger partial charge in [-0.25, -0.2) is 8.42 Å². The Hall–Kier alpha value is -2.05. The lowest BCUT2D eigenvalue weighted by Gasteiger charge is -2.35. The Morgan fingerprint density at radius 2 is 1.39 bits per heavy atom. The molecule has 5 nitrogen and oxygen atoms in total. The number of nitrogens with zero attached hydrogens (tertiary/aromatic N) is 2. The Labute approximate surface area is 167 Å². The lowest BCUT2D eigenvalue weighted by molar-refractivity contribution is 0.385. The van der Waals surface area contributed by atoms with Crippen molar-refractivity contribution in [3.63, 3.8) is 0 Å². The molecule has 0 spiro atoms. The van der Waals surface area contributed by atoms with Gasteiger partial charge < -0.3 is 10.0 Å². The van der Waals surface area contributed by atoms with Crippen LogP contribution in [0.15, 0.2) is 53.4 Å². The van der Waals surface area contributed by atoms with Gasteiger partial charge in [-0.2, -0.15) is 4.31 Å². The molecular weight excluding hydrogens is 372 g/mol. The summed E-state index contributed by atoms with van der Waals surface area (Å²) in [6.45, 7) is 2.22. The van der Waals surface area contributed by atoms with E-state index in [4.69, 9.17) is 0 Å². The number of phenols is 1. The summed E-state index contributed by atoms with van der Waals surface area (Å²) >= 11 is 0. The van der Waals surface area contributed by atoms with Crippen molar-refractivity contribution in [2.24, 2.45) is 0 Å². The van der Waals surface area contributed by atoms with Crippen molar-refractivity contribution in [3.8, 4) is 5.75 Å². The van der Waals surface area contributed by atoms with Gasteiger partial charge in [0.15, 0.2) is 0 Å². The van der Waals surface area contributed by atoms with Crippen molar-refractivity contribution in [1.82, 2.24) is 4.31 Å². The molecule has 0 amide bonds. The fourth-order valence-electron chi connectivity index (χ4n) is 4.35. The molecule has 28 heavy (non-hydrogen) atoms. The number of anilines is 1. The molecule has 150 valence electrons. The van der Waals surface area contributed by atoms with Gasteiger partial charge in [-0.05, 0) is 60.7 Å². The van der Waals surface area contributed by atoms with Gasteiger partial charge in [-0.1, -0.05) is 31.4 Å². The van der Waals surface area contributed by atoms with Gasteiger partial charge in [0.25, 0.3) is 0 Å². The summed E-state index contributed by atoms with van der Waals surface area (Å²) < 4.78 is 27.7. The zero-order valence-corrected chi connectivity index (χ0v) is 16.9. The molecule has 1 saturated carbocycles. The predicted molar refractivity (Wildman–Crippen MR) is 111 cm³/mol. The number of aromatic hydroxyl groups is 1. The fourth-order valence-corrected chi connectivity index (χ4v) is 5.77. The smallest absolute Gasteiger partial charge is 0.243 e. The van der Waals surface area contributed by atoms with E-state index in [-0.39, 0.29) is 5.75 Å². The molecule has 0 atom stereocenters. The van der Waals surface area contributed by atoms with E-state index in [1.54, 1.807) is 28.6 Å². The molecule has 1 aliphatic carbocycles. The molecule has 4 rings (SSSR count). The molecule has 6 heteroatoms. The normalized spacial score (nSPS) is 19.6. The summed E-state index contributed by atoms with van der Waals surface area (Å²) in [5.41, 5.74) is 2.28. The van der Waals surface area contributed by atoms with Crippen LogP contribution in [0, 0.1) is 0 Å². The number of sulfonamides is 1. The molecule has 0 aromatic heterocycles. The number of phenolic OH excluding ortho intramolecular Hbond substituents is 1. The molecule has 1 saturated heterocycles. The second kappa shape index (κ2) is 8.13. The third kappa shape index (κ3) is 4.03. The van der Waals surface area contributed by atoms with Crippen molar-refractivity contribution in [2.75, 3.05) is 31.1 Å². The summed E-state index contributed by atoms with van der Waals surface area (Å²) in [5, 5.41) is 9.43. The van der Waals surface area contributed by atoms with Gasteiger partial charge in [-0.3, -0.25) is 0 Å². The Morgan fingerprint density at radius 1 is 0.786 bits per heavy atom. The summed E-state index contributed by atoms with van der Waals surface area (Å²) in [7, 11) is -3.46. The number of benzene rings is 2. The molecule has 0 unspecified atom stereocenters. The molecular formula is C22H28N2O3S. The van der Waals surface area contributed by atoms with Crippen molar-refractivity contribution < 1.29 is 13.5 Å². The minimum Gasteiger partial charge on any atom is -0.508 e. The highest BCUT2D eigenvalue weighted by atomic mass is 32.2. The maximum atomic E-state index is 13.0. The molecule has 1 N–H and O–H groups in total. The number of hydrogen-bond donors (Lipinski definition) is 1. The van der Waals surface area contributed by atoms with Crippen LogP contribution in [-0.2, 0) is 10.0 Å². The first kappa shape index (κ1) is 19.3. The van der Waals surface area contributed by atoms with Crippen molar-refractivity contribution >= 4 is 15.7 Å². The molecule has 2 aromatic carbocycles. The van der Waals surface area contributed by atoms with Crippen LogP contribution < -0.4 is 4.90 Å². The monoisotopic (exact) mass is 400 g/mol. The van der Waals surface area contributed by atoms with Gasteiger partial charge in [0.2, 0.25) is 10.0 Å². The van der Waals surface area contributed by atoms with E-state index in [1.807, 2.05) is 24.3 Å². The van der Waals surface area contributed by atoms with Gasteiger partial charge in [-0.15, -0.1) is 0 Å². The van der Waals surface area contributed by atoms with Crippen LogP contribution in [0.2, 0.25) is 0 Å². The summed E-state index contributed by atoms with van der Waals surface area (Å²) in [6, 6.07) is 14.6. The topological polar surface area (TPSA) is 60.9 Å². The Kier molecular flexibility index (Phi) is 5.60. The molecule has 1 heterocycles. The minimum atomic E-state index is -3.46. The third-order valence-corrected chi connectivity index (χ3v) is 7.96. The van der Waals surface area contributed by atoms with Crippen LogP contribution in [0.1, 0.15) is 43.6 Å². The molecule has 2 aromatic rings. The SMILES string of the molecule is O=S(=O)(c1ccc(C2CCCCC2)cc1)N1CCN(c2ccc(O)cc2)CC1. The first-order valence-corrected chi connectivity index (χ1v) is 11.6. The molecule has 2 fully saturated rings. The van der Waals surface area contributed by atoms with E-state index in [9.17, 15) is 13.5 Å². The van der Waals surface area contributed by atoms with Crippen LogP contribution in [0.3, 0.4) is 0 Å². The van der Waals surface area contributed by atoms with Gasteiger partial charge in [0.05, 0.1) is 4.90 Å². The van der Waals surface area contributed by atoms with E-state index in [2.05, 4.69) is 4.90 Å². The Balaban J connectivity index is 1.41. The standard InChI is InChI=1S/C22H28N2O3S/c25-21-10-8-20(9-11-21)23-14-16-24(17-15-23)28(26,27)22-12-6-19(7-13-22)18-4-2-1-3-5-18/h6-13,18,25H,1-5,14-17H2. The van der Waals surface area contributed by atoms with E-state index >= 15 is 0 Å². The molecule has 0 bridgehead atoms. The summed E-state index contributed by atoms with van der Waals surface area (Å²) in [6.07, 6.45) is 6.29. The van der Waals surface area contributed by atoms with Gasteiger partial charge in [0, 0.05) is 31.9 Å². The van der Waals surface area contributed by atoms with Crippen LogP contribution in [0.25, 0.3) is 0 Å². The molecule has 0 radical (unpaired) electrons. The first-order chi connectivity index (χ1) is 13.5. The quantitative estimate of drug-likeness (QED) is 0.844. The Morgan fingerprint density at radius 3 is 2.00 bits per heavy atom. The van der Waals surface area contributed by atoms with E-state index in [0.29, 0.717) is 37.0 Å². The highest BCUT2D eigenvalue weighted by Gasteiger charge is 2.29. The average molecular weight is 401 g/mol. The van der Waals surface area contributed by atoms with Crippen molar-refractivity contribution in [3.05, 3.63) is 54.1 Å². The summed E-state index contributed by atoms with van der Waals surface area (Å²) in [5.74, 6) is 0.820. The van der Waals surface area contributed by atoms with Crippen LogP contribution in [0.5, 0.6) is 5.75 Å². The lowest BCUT2D eigenvalue weighted by atomic mass is 9.84. The number of rotatable bonds is 4. The fraction of sp³-hybridized carbons (Fsp3) is 0.455. The van der Waals surface area contributed by atoms with Crippen LogP contribution >= 0.6 is 0 Å². The first-order valence-electron chi connectivity index (χ1n) is 10.2. The Bertz CT molecular complexity index is 880. The van der Waals surface area contributed by atoms with E-state index in [0.717, 1.165) is 5.69 Å². The highest BCUT2D eigenvalue weighted by Crippen LogP contribution is 2.33. The zero-order chi connectivity index (χ0) is 19.6. The maximum Gasteiger partial charge on any atom is 0.243 e. The van der Waals surface area contributed by atoms with E-state index < -0.39 is 10.0 Å². The van der Waals surface area contributed by atoms with Gasteiger partial charge in [0.1, 0.15) is 5.75 Å². The van der Waals surface area contributed by atoms with E-state index in [1.165, 1.54) is 37.7 Å². The third-order valence-electron chi connectivity index (χ3n) is 6.05. The average Bonchev–Trinajstić information content (AvgIpc) is 2.75. The highest BCUT2D eigenvalue weighted by molar-refractivity contribution is 7.89.